The van der Waals surface area contributed by atoms with Gasteiger partial charge in [0.25, 0.3) is 0 Å². The van der Waals surface area contributed by atoms with Crippen LogP contribution in [0.15, 0.2) is 24.3 Å². The Morgan fingerprint density at radius 2 is 1.96 bits per heavy atom. The molecule has 26 heavy (non-hydrogen) atoms. The molecule has 2 fully saturated rings. The van der Waals surface area contributed by atoms with Gasteiger partial charge < -0.3 is 9.47 Å². The number of fused-ring (bicyclic) bond motifs is 2. The van der Waals surface area contributed by atoms with E-state index in [1.807, 2.05) is 0 Å². The maximum atomic E-state index is 12.0. The number of rotatable bonds is 3. The number of para-hydroxylation sites is 2. The van der Waals surface area contributed by atoms with Gasteiger partial charge in [-0.2, -0.15) is 0 Å². The fourth-order valence-corrected chi connectivity index (χ4v) is 5.00. The van der Waals surface area contributed by atoms with Crippen molar-refractivity contribution < 1.29 is 4.79 Å². The minimum absolute atomic E-state index is 0.230. The van der Waals surface area contributed by atoms with Gasteiger partial charge in [-0.3, -0.25) is 9.69 Å². The van der Waals surface area contributed by atoms with Crippen LogP contribution in [0.4, 0.5) is 0 Å². The Morgan fingerprint density at radius 1 is 1.15 bits per heavy atom. The molecule has 3 heterocycles. The molecule has 0 N–H and O–H groups in total. The third-order valence-corrected chi connectivity index (χ3v) is 6.11. The van der Waals surface area contributed by atoms with E-state index in [-0.39, 0.29) is 5.91 Å². The second-order valence-corrected chi connectivity index (χ2v) is 8.08. The molecule has 0 bridgehead atoms. The van der Waals surface area contributed by atoms with E-state index in [9.17, 15) is 4.79 Å². The molecule has 2 aliphatic rings. The minimum Gasteiger partial charge on any atom is -0.338 e. The van der Waals surface area contributed by atoms with Crippen molar-refractivity contribution >= 4 is 16.9 Å². The van der Waals surface area contributed by atoms with Crippen LogP contribution in [0, 0.1) is 0 Å². The van der Waals surface area contributed by atoms with Gasteiger partial charge in [0.05, 0.1) is 17.6 Å². The van der Waals surface area contributed by atoms with Gasteiger partial charge in [-0.1, -0.05) is 18.6 Å². The summed E-state index contributed by atoms with van der Waals surface area (Å²) in [6.45, 7) is 9.07. The summed E-state index contributed by atoms with van der Waals surface area (Å²) in [7, 11) is 0. The number of hydrogen-bond donors (Lipinski definition) is 0. The normalized spacial score (nSPS) is 24.2. The van der Waals surface area contributed by atoms with Crippen molar-refractivity contribution in [3.05, 3.63) is 30.1 Å². The van der Waals surface area contributed by atoms with Crippen LogP contribution in [0.2, 0.25) is 0 Å². The third kappa shape index (κ3) is 3.02. The lowest BCUT2D eigenvalue weighted by Gasteiger charge is -2.32. The lowest BCUT2D eigenvalue weighted by atomic mass is 10.0. The standard InChI is InChI=1S/C21H30N4O/c1-15(2)25-18-9-5-4-8-17(18)22-21(25)14-23-12-7-6-10-20-19(23)11-13-24(20)16(3)26/h4-5,8-9,15,19-20H,6-7,10-14H2,1-3H3/t19-,20-/m1/s1. The number of likely N-dealkylation sites (tertiary alicyclic amines) is 2. The SMILES string of the molecule is CC(=O)N1CC[C@@H]2[C@H]1CCCCN2Cc1nc2ccccc2n1C(C)C. The van der Waals surface area contributed by atoms with Crippen molar-refractivity contribution in [2.75, 3.05) is 13.1 Å². The van der Waals surface area contributed by atoms with Crippen molar-refractivity contribution in [3.63, 3.8) is 0 Å². The van der Waals surface area contributed by atoms with Crippen LogP contribution in [0.3, 0.4) is 0 Å². The lowest BCUT2D eigenvalue weighted by molar-refractivity contribution is -0.130. The summed E-state index contributed by atoms with van der Waals surface area (Å²) in [6, 6.07) is 9.68. The van der Waals surface area contributed by atoms with Gasteiger partial charge in [0.2, 0.25) is 5.91 Å². The van der Waals surface area contributed by atoms with Crippen LogP contribution in [0.5, 0.6) is 0 Å². The Labute approximate surface area is 156 Å². The molecule has 0 aliphatic carbocycles. The van der Waals surface area contributed by atoms with Gasteiger partial charge in [-0.25, -0.2) is 4.98 Å². The molecule has 5 nitrogen and oxygen atoms in total. The highest BCUT2D eigenvalue weighted by Crippen LogP contribution is 2.32. The summed E-state index contributed by atoms with van der Waals surface area (Å²) < 4.78 is 2.38. The summed E-state index contributed by atoms with van der Waals surface area (Å²) in [5.74, 6) is 1.39. The number of imidazole rings is 1. The maximum absolute atomic E-state index is 12.0. The Kier molecular flexibility index (Phi) is 4.74. The Hall–Kier alpha value is -1.88. The molecule has 1 amide bonds. The maximum Gasteiger partial charge on any atom is 0.219 e. The van der Waals surface area contributed by atoms with E-state index < -0.39 is 0 Å². The van der Waals surface area contributed by atoms with E-state index in [1.54, 1.807) is 6.92 Å². The molecule has 0 spiro atoms. The molecular formula is C21H30N4O. The first-order valence-electron chi connectivity index (χ1n) is 10.0. The molecule has 0 radical (unpaired) electrons. The topological polar surface area (TPSA) is 41.4 Å². The Balaban J connectivity index is 1.65. The molecule has 1 aromatic heterocycles. The number of amides is 1. The fourth-order valence-electron chi connectivity index (χ4n) is 5.00. The molecular weight excluding hydrogens is 324 g/mol. The van der Waals surface area contributed by atoms with Crippen LogP contribution in [-0.4, -0.2) is 50.4 Å². The molecule has 140 valence electrons. The van der Waals surface area contributed by atoms with E-state index in [0.29, 0.717) is 18.1 Å². The van der Waals surface area contributed by atoms with Gasteiger partial charge in [-0.15, -0.1) is 0 Å². The summed E-state index contributed by atoms with van der Waals surface area (Å²) >= 11 is 0. The first-order chi connectivity index (χ1) is 12.6. The van der Waals surface area contributed by atoms with Crippen LogP contribution in [-0.2, 0) is 11.3 Å². The van der Waals surface area contributed by atoms with Crippen molar-refractivity contribution in [2.45, 2.75) is 71.1 Å². The van der Waals surface area contributed by atoms with Crippen molar-refractivity contribution in [1.82, 2.24) is 19.4 Å². The number of hydrogen-bond acceptors (Lipinski definition) is 3. The number of carbonyl (C=O) groups is 1. The van der Waals surface area contributed by atoms with E-state index in [0.717, 1.165) is 43.8 Å². The molecule has 5 heteroatoms. The van der Waals surface area contributed by atoms with Gasteiger partial charge in [0.1, 0.15) is 5.82 Å². The Morgan fingerprint density at radius 3 is 2.73 bits per heavy atom. The van der Waals surface area contributed by atoms with E-state index in [2.05, 4.69) is 52.5 Å². The predicted octanol–water partition coefficient (Wildman–Crippen LogP) is 3.59. The molecule has 0 unspecified atom stereocenters. The zero-order valence-electron chi connectivity index (χ0n) is 16.2. The minimum atomic E-state index is 0.230. The molecule has 2 aromatic rings. The van der Waals surface area contributed by atoms with Crippen LogP contribution >= 0.6 is 0 Å². The zero-order valence-corrected chi connectivity index (χ0v) is 16.2. The molecule has 2 aliphatic heterocycles. The third-order valence-electron chi connectivity index (χ3n) is 6.11. The smallest absolute Gasteiger partial charge is 0.219 e. The lowest BCUT2D eigenvalue weighted by Crippen LogP contribution is -2.45. The van der Waals surface area contributed by atoms with Gasteiger partial charge in [0.15, 0.2) is 0 Å². The van der Waals surface area contributed by atoms with Crippen molar-refractivity contribution in [1.29, 1.82) is 0 Å². The fraction of sp³-hybridized carbons (Fsp3) is 0.619. The number of benzene rings is 1. The number of aromatic nitrogens is 2. The second kappa shape index (κ2) is 7.03. The van der Waals surface area contributed by atoms with Crippen LogP contribution in [0.1, 0.15) is 58.3 Å². The van der Waals surface area contributed by atoms with Gasteiger partial charge in [0, 0.05) is 31.6 Å². The van der Waals surface area contributed by atoms with Crippen molar-refractivity contribution in [2.24, 2.45) is 0 Å². The second-order valence-electron chi connectivity index (χ2n) is 8.08. The monoisotopic (exact) mass is 354 g/mol. The average Bonchev–Trinajstić information content (AvgIpc) is 3.13. The van der Waals surface area contributed by atoms with E-state index >= 15 is 0 Å². The molecule has 2 saturated heterocycles. The predicted molar refractivity (Wildman–Crippen MR) is 104 cm³/mol. The summed E-state index contributed by atoms with van der Waals surface area (Å²) in [4.78, 5) is 21.7. The number of carbonyl (C=O) groups excluding carboxylic acids is 1. The molecule has 4 rings (SSSR count). The van der Waals surface area contributed by atoms with Crippen molar-refractivity contribution in [3.8, 4) is 0 Å². The van der Waals surface area contributed by atoms with Crippen LogP contribution in [0.25, 0.3) is 11.0 Å². The van der Waals surface area contributed by atoms with Gasteiger partial charge in [-0.05, 0) is 51.8 Å². The summed E-state index contributed by atoms with van der Waals surface area (Å²) in [6.07, 6.45) is 4.65. The first kappa shape index (κ1) is 17.5. The van der Waals surface area contributed by atoms with E-state index in [4.69, 9.17) is 4.98 Å². The highest BCUT2D eigenvalue weighted by molar-refractivity contribution is 5.76. The quantitative estimate of drug-likeness (QED) is 0.846. The summed E-state index contributed by atoms with van der Waals surface area (Å²) in [5, 5.41) is 0. The molecule has 2 atom stereocenters. The average molecular weight is 354 g/mol. The first-order valence-corrected chi connectivity index (χ1v) is 10.0. The van der Waals surface area contributed by atoms with Gasteiger partial charge >= 0.3 is 0 Å². The Bertz CT molecular complexity index is 796. The largest absolute Gasteiger partial charge is 0.338 e. The number of nitrogens with zero attached hydrogens (tertiary/aromatic N) is 4. The van der Waals surface area contributed by atoms with Crippen LogP contribution < -0.4 is 0 Å². The highest BCUT2D eigenvalue weighted by Gasteiger charge is 2.40. The zero-order chi connectivity index (χ0) is 18.3. The summed E-state index contributed by atoms with van der Waals surface area (Å²) in [5.41, 5.74) is 2.31. The molecule has 0 saturated carbocycles. The molecule has 1 aromatic carbocycles. The van der Waals surface area contributed by atoms with E-state index in [1.165, 1.54) is 18.4 Å². The highest BCUT2D eigenvalue weighted by atomic mass is 16.2.